The van der Waals surface area contributed by atoms with Crippen molar-refractivity contribution in [2.24, 2.45) is 0 Å². The molecular weight excluding hydrogens is 448 g/mol. The van der Waals surface area contributed by atoms with E-state index in [0.717, 1.165) is 27.8 Å². The van der Waals surface area contributed by atoms with E-state index >= 15 is 0 Å². The summed E-state index contributed by atoms with van der Waals surface area (Å²) < 4.78 is 0. The van der Waals surface area contributed by atoms with E-state index in [1.165, 1.54) is 0 Å². The summed E-state index contributed by atoms with van der Waals surface area (Å²) >= 11 is 0. The van der Waals surface area contributed by atoms with Gasteiger partial charge < -0.3 is 5.11 Å². The van der Waals surface area contributed by atoms with Gasteiger partial charge in [0, 0.05) is 11.8 Å². The zero-order valence-electron chi connectivity index (χ0n) is 19.6. The van der Waals surface area contributed by atoms with Gasteiger partial charge >= 0.3 is 5.97 Å². The van der Waals surface area contributed by atoms with Gasteiger partial charge in [-0.25, -0.2) is 5.10 Å². The predicted octanol–water partition coefficient (Wildman–Crippen LogP) is 5.57. The number of nitrogens with zero attached hydrogens (tertiary/aromatic N) is 3. The summed E-state index contributed by atoms with van der Waals surface area (Å²) in [7, 11) is 0. The standard InChI is InChI=1S/C30H26N4O2/c35-30(36)28(24-14-8-3-9-15-24)27(23-12-6-2-7-13-23)25-18-16-21(17-19-25)20-26(29-31-33-34-32-29)22-10-4-1-5-11-22/h1-19,26-28H,20H2,(H,35,36)(H,31,32,33,34). The third-order valence-electron chi connectivity index (χ3n) is 6.59. The highest BCUT2D eigenvalue weighted by molar-refractivity contribution is 5.78. The second-order valence-corrected chi connectivity index (χ2v) is 8.81. The van der Waals surface area contributed by atoms with Crippen LogP contribution in [-0.2, 0) is 11.2 Å². The summed E-state index contributed by atoms with van der Waals surface area (Å²) in [5, 5.41) is 24.9. The van der Waals surface area contributed by atoms with Crippen LogP contribution in [0.5, 0.6) is 0 Å². The summed E-state index contributed by atoms with van der Waals surface area (Å²) in [6.45, 7) is 0. The van der Waals surface area contributed by atoms with E-state index in [-0.39, 0.29) is 11.8 Å². The summed E-state index contributed by atoms with van der Waals surface area (Å²) in [4.78, 5) is 12.6. The van der Waals surface area contributed by atoms with Gasteiger partial charge in [0.25, 0.3) is 0 Å². The summed E-state index contributed by atoms with van der Waals surface area (Å²) in [6, 6.07) is 37.7. The van der Waals surface area contributed by atoms with Gasteiger partial charge in [-0.05, 0) is 44.7 Å². The SMILES string of the molecule is O=C(O)C(c1ccccc1)C(c1ccccc1)c1ccc(CC(c2ccccc2)c2nnn[nH]2)cc1. The first-order chi connectivity index (χ1) is 17.7. The van der Waals surface area contributed by atoms with Crippen molar-refractivity contribution in [3.05, 3.63) is 149 Å². The van der Waals surface area contributed by atoms with Gasteiger partial charge in [-0.2, -0.15) is 0 Å². The molecule has 0 aliphatic rings. The Morgan fingerprint density at radius 2 is 1.22 bits per heavy atom. The zero-order chi connectivity index (χ0) is 24.7. The number of nitrogens with one attached hydrogen (secondary N) is 1. The number of aromatic nitrogens is 4. The number of aromatic amines is 1. The fraction of sp³-hybridized carbons (Fsp3) is 0.133. The van der Waals surface area contributed by atoms with E-state index in [0.29, 0.717) is 12.2 Å². The molecule has 0 bridgehead atoms. The zero-order valence-corrected chi connectivity index (χ0v) is 19.6. The minimum absolute atomic E-state index is 0.0203. The maximum absolute atomic E-state index is 12.6. The van der Waals surface area contributed by atoms with E-state index in [9.17, 15) is 9.90 Å². The Bertz CT molecular complexity index is 1370. The number of carboxylic acid groups (broad SMARTS) is 1. The summed E-state index contributed by atoms with van der Waals surface area (Å²) in [6.07, 6.45) is 0.707. The van der Waals surface area contributed by atoms with Crippen LogP contribution in [0, 0.1) is 0 Å². The minimum Gasteiger partial charge on any atom is -0.481 e. The van der Waals surface area contributed by atoms with Crippen LogP contribution in [0.15, 0.2) is 115 Å². The van der Waals surface area contributed by atoms with Crippen molar-refractivity contribution in [1.29, 1.82) is 0 Å². The first kappa shape index (κ1) is 23.2. The van der Waals surface area contributed by atoms with Crippen LogP contribution >= 0.6 is 0 Å². The molecule has 0 fully saturated rings. The molecule has 0 amide bonds. The predicted molar refractivity (Wildman–Crippen MR) is 138 cm³/mol. The van der Waals surface area contributed by atoms with Crippen LogP contribution in [0.2, 0.25) is 0 Å². The lowest BCUT2D eigenvalue weighted by atomic mass is 9.77. The second kappa shape index (κ2) is 10.8. The Balaban J connectivity index is 1.50. The highest BCUT2D eigenvalue weighted by Gasteiger charge is 2.32. The number of carbonyl (C=O) groups is 1. The molecule has 178 valence electrons. The van der Waals surface area contributed by atoms with E-state index in [4.69, 9.17) is 0 Å². The quantitative estimate of drug-likeness (QED) is 0.291. The number of H-pyrrole nitrogens is 1. The maximum atomic E-state index is 12.6. The molecule has 36 heavy (non-hydrogen) atoms. The normalized spacial score (nSPS) is 13.6. The molecule has 2 N–H and O–H groups in total. The van der Waals surface area contributed by atoms with Crippen LogP contribution in [0.1, 0.15) is 51.4 Å². The first-order valence-corrected chi connectivity index (χ1v) is 11.9. The van der Waals surface area contributed by atoms with Crippen molar-refractivity contribution in [2.75, 3.05) is 0 Å². The second-order valence-electron chi connectivity index (χ2n) is 8.81. The molecule has 1 heterocycles. The lowest BCUT2D eigenvalue weighted by Crippen LogP contribution is -2.21. The van der Waals surface area contributed by atoms with Gasteiger partial charge in [-0.3, -0.25) is 4.79 Å². The van der Waals surface area contributed by atoms with Crippen molar-refractivity contribution in [2.45, 2.75) is 24.2 Å². The van der Waals surface area contributed by atoms with Gasteiger partial charge in [0.05, 0.1) is 5.92 Å². The first-order valence-electron chi connectivity index (χ1n) is 11.9. The monoisotopic (exact) mass is 474 g/mol. The average molecular weight is 475 g/mol. The fourth-order valence-electron chi connectivity index (χ4n) is 4.84. The van der Waals surface area contributed by atoms with Crippen molar-refractivity contribution >= 4 is 5.97 Å². The molecule has 0 saturated heterocycles. The van der Waals surface area contributed by atoms with Crippen LogP contribution in [0.4, 0.5) is 0 Å². The molecule has 4 aromatic carbocycles. The Morgan fingerprint density at radius 1 is 0.694 bits per heavy atom. The smallest absolute Gasteiger partial charge is 0.311 e. The topological polar surface area (TPSA) is 91.8 Å². The van der Waals surface area contributed by atoms with Gasteiger partial charge in [0.15, 0.2) is 5.82 Å². The fourth-order valence-corrected chi connectivity index (χ4v) is 4.84. The van der Waals surface area contributed by atoms with Crippen molar-refractivity contribution < 1.29 is 9.90 Å². The largest absolute Gasteiger partial charge is 0.481 e. The molecule has 1 aromatic heterocycles. The summed E-state index contributed by atoms with van der Waals surface area (Å²) in [5.74, 6) is -1.20. The third-order valence-corrected chi connectivity index (χ3v) is 6.59. The van der Waals surface area contributed by atoms with Gasteiger partial charge in [-0.1, -0.05) is 115 Å². The van der Waals surface area contributed by atoms with Gasteiger partial charge in [-0.15, -0.1) is 5.10 Å². The van der Waals surface area contributed by atoms with E-state index < -0.39 is 11.9 Å². The average Bonchev–Trinajstić information content (AvgIpc) is 3.47. The molecular formula is C30H26N4O2. The Labute approximate surface area is 209 Å². The number of hydrogen-bond acceptors (Lipinski definition) is 4. The molecule has 0 radical (unpaired) electrons. The highest BCUT2D eigenvalue weighted by Crippen LogP contribution is 2.39. The molecule has 0 saturated carbocycles. The molecule has 0 aliphatic carbocycles. The molecule has 0 aliphatic heterocycles. The number of benzene rings is 4. The Kier molecular flexibility index (Phi) is 6.94. The van der Waals surface area contributed by atoms with Crippen LogP contribution in [0.3, 0.4) is 0 Å². The van der Waals surface area contributed by atoms with Gasteiger partial charge in [0.2, 0.25) is 0 Å². The van der Waals surface area contributed by atoms with E-state index in [1.54, 1.807) is 0 Å². The van der Waals surface area contributed by atoms with Crippen LogP contribution < -0.4 is 0 Å². The molecule has 6 heteroatoms. The number of aliphatic carboxylic acids is 1. The lowest BCUT2D eigenvalue weighted by molar-refractivity contribution is -0.139. The molecule has 5 rings (SSSR count). The number of carboxylic acids is 1. The molecule has 3 atom stereocenters. The third kappa shape index (κ3) is 5.08. The number of rotatable bonds is 9. The van der Waals surface area contributed by atoms with E-state index in [2.05, 4.69) is 44.9 Å². The maximum Gasteiger partial charge on any atom is 0.311 e. The molecule has 3 unspecified atom stereocenters. The Morgan fingerprint density at radius 3 is 1.75 bits per heavy atom. The highest BCUT2D eigenvalue weighted by atomic mass is 16.4. The minimum atomic E-state index is -0.846. The lowest BCUT2D eigenvalue weighted by Gasteiger charge is -2.26. The number of hydrogen-bond donors (Lipinski definition) is 2. The molecule has 5 aromatic rings. The van der Waals surface area contributed by atoms with Crippen molar-refractivity contribution in [3.63, 3.8) is 0 Å². The Hall–Kier alpha value is -4.58. The molecule has 0 spiro atoms. The molecule has 6 nitrogen and oxygen atoms in total. The number of tetrazole rings is 1. The van der Waals surface area contributed by atoms with Crippen molar-refractivity contribution in [1.82, 2.24) is 20.6 Å². The van der Waals surface area contributed by atoms with E-state index in [1.807, 2.05) is 91.0 Å². The summed E-state index contributed by atoms with van der Waals surface area (Å²) in [5.41, 5.74) is 4.94. The van der Waals surface area contributed by atoms with Crippen molar-refractivity contribution in [3.8, 4) is 0 Å². The van der Waals surface area contributed by atoms with Gasteiger partial charge in [0.1, 0.15) is 0 Å². The van der Waals surface area contributed by atoms with Crippen LogP contribution in [0.25, 0.3) is 0 Å². The van der Waals surface area contributed by atoms with Crippen LogP contribution in [-0.4, -0.2) is 31.7 Å².